The van der Waals surface area contributed by atoms with E-state index in [0.29, 0.717) is 26.7 Å². The number of aromatic nitrogens is 2. The van der Waals surface area contributed by atoms with E-state index in [9.17, 15) is 14.9 Å². The van der Waals surface area contributed by atoms with Crippen molar-refractivity contribution in [3.63, 3.8) is 0 Å². The number of rotatable bonds is 7. The fourth-order valence-corrected chi connectivity index (χ4v) is 6.03. The van der Waals surface area contributed by atoms with Crippen molar-refractivity contribution in [3.8, 4) is 17.3 Å². The molecule has 0 saturated carbocycles. The van der Waals surface area contributed by atoms with Gasteiger partial charge in [-0.2, -0.15) is 9.78 Å². The van der Waals surface area contributed by atoms with Crippen LogP contribution in [0.2, 0.25) is 0 Å². The van der Waals surface area contributed by atoms with Gasteiger partial charge in [0.15, 0.2) is 5.76 Å². The molecule has 11 heteroatoms. The number of hydrogen-bond donors (Lipinski definition) is 0. The van der Waals surface area contributed by atoms with Gasteiger partial charge in [0.25, 0.3) is 5.56 Å². The minimum absolute atomic E-state index is 0.0109. The summed E-state index contributed by atoms with van der Waals surface area (Å²) in [5.74, 6) is 0.512. The quantitative estimate of drug-likeness (QED) is 0.0923. The van der Waals surface area contributed by atoms with Crippen LogP contribution in [0.5, 0.6) is 5.75 Å². The Morgan fingerprint density at radius 3 is 2.51 bits per heavy atom. The summed E-state index contributed by atoms with van der Waals surface area (Å²) in [6, 6.07) is 31.0. The predicted molar refractivity (Wildman–Crippen MR) is 181 cm³/mol. The van der Waals surface area contributed by atoms with E-state index in [1.54, 1.807) is 36.4 Å². The summed E-state index contributed by atoms with van der Waals surface area (Å²) in [7, 11) is 0. The summed E-state index contributed by atoms with van der Waals surface area (Å²) in [5.41, 5.74) is 1.55. The molecule has 0 spiro atoms. The number of para-hydroxylation sites is 1. The average Bonchev–Trinajstić information content (AvgIpc) is 3.46. The van der Waals surface area contributed by atoms with Crippen LogP contribution in [0.15, 0.2) is 126 Å². The Bertz CT molecular complexity index is 2380. The molecule has 0 N–H and O–H groups in total. The minimum Gasteiger partial charge on any atom is -0.481 e. The maximum atomic E-state index is 13.8. The van der Waals surface area contributed by atoms with Crippen LogP contribution in [-0.4, -0.2) is 20.8 Å². The Balaban J connectivity index is 1.36. The Labute approximate surface area is 271 Å². The SMILES string of the molecule is O=c1c2ccccc2nc(-c2cc3cc(Br)ccc3o2)n1N=Cc1cc(Br)cc([N+](=O)[O-])c1OCc1cccc2ccccc12. The zero-order chi connectivity index (χ0) is 31.1. The van der Waals surface area contributed by atoms with Crippen molar-refractivity contribution < 1.29 is 14.1 Å². The molecule has 0 fully saturated rings. The van der Waals surface area contributed by atoms with Crippen LogP contribution >= 0.6 is 31.9 Å². The van der Waals surface area contributed by atoms with Gasteiger partial charge in [0.05, 0.1) is 22.0 Å². The molecule has 0 aliphatic heterocycles. The van der Waals surface area contributed by atoms with Crippen molar-refractivity contribution in [2.45, 2.75) is 6.61 Å². The van der Waals surface area contributed by atoms with Gasteiger partial charge in [0.2, 0.25) is 11.6 Å². The topological polar surface area (TPSA) is 113 Å². The molecule has 2 heterocycles. The van der Waals surface area contributed by atoms with Crippen molar-refractivity contribution in [1.29, 1.82) is 0 Å². The Kier molecular flexibility index (Phi) is 7.48. The molecule has 0 radical (unpaired) electrons. The molecule has 45 heavy (non-hydrogen) atoms. The molecule has 7 aromatic rings. The standard InChI is InChI=1S/C34H20Br2N4O5/c35-24-12-13-30-22(14-24)16-31(45-30)33-38-28-11-4-3-10-27(28)34(41)39(33)37-18-23-15-25(36)17-29(40(42)43)32(23)44-19-21-8-5-7-20-6-1-2-9-26(20)21/h1-18H,19H2. The maximum absolute atomic E-state index is 13.8. The lowest BCUT2D eigenvalue weighted by molar-refractivity contribution is -0.386. The van der Waals surface area contributed by atoms with Crippen LogP contribution in [0, 0.1) is 10.1 Å². The number of hydrogen-bond acceptors (Lipinski definition) is 7. The predicted octanol–water partition coefficient (Wildman–Crippen LogP) is 8.86. The summed E-state index contributed by atoms with van der Waals surface area (Å²) in [6.07, 6.45) is 1.36. The summed E-state index contributed by atoms with van der Waals surface area (Å²) in [5, 5.41) is 19.8. The first-order valence-corrected chi connectivity index (χ1v) is 15.3. The summed E-state index contributed by atoms with van der Waals surface area (Å²) < 4.78 is 14.7. The zero-order valence-corrected chi connectivity index (χ0v) is 26.4. The van der Waals surface area contributed by atoms with Crippen LogP contribution in [0.1, 0.15) is 11.1 Å². The highest BCUT2D eigenvalue weighted by molar-refractivity contribution is 9.10. The van der Waals surface area contributed by atoms with Crippen molar-refractivity contribution in [3.05, 3.63) is 144 Å². The van der Waals surface area contributed by atoms with Crippen LogP contribution in [-0.2, 0) is 6.61 Å². The van der Waals surface area contributed by atoms with Crippen molar-refractivity contribution >= 4 is 76.4 Å². The molecule has 9 nitrogen and oxygen atoms in total. The number of nitrogens with zero attached hydrogens (tertiary/aromatic N) is 4. The number of fused-ring (bicyclic) bond motifs is 3. The molecule has 0 aliphatic carbocycles. The van der Waals surface area contributed by atoms with Gasteiger partial charge in [-0.05, 0) is 58.8 Å². The minimum atomic E-state index is -0.512. The van der Waals surface area contributed by atoms with E-state index in [2.05, 4.69) is 37.0 Å². The highest BCUT2D eigenvalue weighted by atomic mass is 79.9. The fourth-order valence-electron chi connectivity index (χ4n) is 5.19. The molecule has 5 aromatic carbocycles. The van der Waals surface area contributed by atoms with Gasteiger partial charge >= 0.3 is 5.69 Å². The number of nitro benzene ring substituents is 1. The molecule has 0 bridgehead atoms. The molecule has 220 valence electrons. The van der Waals surface area contributed by atoms with Gasteiger partial charge in [-0.25, -0.2) is 4.98 Å². The van der Waals surface area contributed by atoms with E-state index < -0.39 is 10.5 Å². The highest BCUT2D eigenvalue weighted by Gasteiger charge is 2.22. The third-order valence-electron chi connectivity index (χ3n) is 7.28. The second kappa shape index (κ2) is 11.8. The van der Waals surface area contributed by atoms with Gasteiger partial charge in [-0.15, -0.1) is 0 Å². The number of furan rings is 1. The van der Waals surface area contributed by atoms with Gasteiger partial charge < -0.3 is 9.15 Å². The Morgan fingerprint density at radius 1 is 0.889 bits per heavy atom. The van der Waals surface area contributed by atoms with Crippen LogP contribution < -0.4 is 10.3 Å². The smallest absolute Gasteiger partial charge is 0.312 e. The summed E-state index contributed by atoms with van der Waals surface area (Å²) in [6.45, 7) is 0.0714. The lowest BCUT2D eigenvalue weighted by Crippen LogP contribution is -2.20. The van der Waals surface area contributed by atoms with Gasteiger partial charge in [0.1, 0.15) is 12.2 Å². The molecule has 0 unspecified atom stereocenters. The van der Waals surface area contributed by atoms with Crippen molar-refractivity contribution in [2.24, 2.45) is 5.10 Å². The van der Waals surface area contributed by atoms with Crippen LogP contribution in [0.25, 0.3) is 44.2 Å². The monoisotopic (exact) mass is 722 g/mol. The number of halogens is 2. The van der Waals surface area contributed by atoms with E-state index in [1.807, 2.05) is 60.7 Å². The summed E-state index contributed by atoms with van der Waals surface area (Å²) in [4.78, 5) is 30.1. The molecular formula is C34H20Br2N4O5. The van der Waals surface area contributed by atoms with Crippen LogP contribution in [0.4, 0.5) is 5.69 Å². The number of benzene rings is 5. The molecule has 0 atom stereocenters. The number of nitro groups is 1. The van der Waals surface area contributed by atoms with Gasteiger partial charge in [0, 0.05) is 26.0 Å². The third kappa shape index (κ3) is 5.52. The summed E-state index contributed by atoms with van der Waals surface area (Å²) >= 11 is 6.85. The molecule has 7 rings (SSSR count). The van der Waals surface area contributed by atoms with E-state index in [4.69, 9.17) is 14.1 Å². The molecular weight excluding hydrogens is 704 g/mol. The largest absolute Gasteiger partial charge is 0.481 e. The molecule has 0 saturated heterocycles. The number of ether oxygens (including phenoxy) is 1. The second-order valence-corrected chi connectivity index (χ2v) is 12.0. The van der Waals surface area contributed by atoms with Gasteiger partial charge in [-0.1, -0.05) is 86.5 Å². The first kappa shape index (κ1) is 28.6. The molecule has 2 aromatic heterocycles. The van der Waals surface area contributed by atoms with E-state index >= 15 is 0 Å². The average molecular weight is 724 g/mol. The fraction of sp³-hybridized carbons (Fsp3) is 0.0294. The van der Waals surface area contributed by atoms with E-state index in [-0.39, 0.29) is 29.4 Å². The third-order valence-corrected chi connectivity index (χ3v) is 8.23. The zero-order valence-electron chi connectivity index (χ0n) is 23.2. The first-order chi connectivity index (χ1) is 21.9. The van der Waals surface area contributed by atoms with Crippen molar-refractivity contribution in [2.75, 3.05) is 0 Å². The first-order valence-electron chi connectivity index (χ1n) is 13.7. The lowest BCUT2D eigenvalue weighted by Gasteiger charge is -2.12. The maximum Gasteiger partial charge on any atom is 0.312 e. The molecule has 0 aliphatic rings. The van der Waals surface area contributed by atoms with E-state index in [1.165, 1.54) is 12.3 Å². The Morgan fingerprint density at radius 2 is 1.67 bits per heavy atom. The highest BCUT2D eigenvalue weighted by Crippen LogP contribution is 2.35. The Hall–Kier alpha value is -5.13. The normalized spacial score (nSPS) is 11.6. The van der Waals surface area contributed by atoms with E-state index in [0.717, 1.165) is 30.9 Å². The molecule has 0 amide bonds. The second-order valence-electron chi connectivity index (χ2n) is 10.1. The van der Waals surface area contributed by atoms with Crippen molar-refractivity contribution in [1.82, 2.24) is 9.66 Å². The lowest BCUT2D eigenvalue weighted by atomic mass is 10.1. The van der Waals surface area contributed by atoms with Gasteiger partial charge in [-0.3, -0.25) is 14.9 Å². The van der Waals surface area contributed by atoms with Crippen LogP contribution in [0.3, 0.4) is 0 Å².